The molecule has 0 saturated heterocycles. The zero-order chi connectivity index (χ0) is 30.3. The number of halogens is 2. The third-order valence-corrected chi connectivity index (χ3v) is 8.78. The molecule has 0 radical (unpaired) electrons. The fourth-order valence-electron chi connectivity index (χ4n) is 4.32. The van der Waals surface area contributed by atoms with Crippen LogP contribution < -0.4 is 14.4 Å². The Hall–Kier alpha value is -3.27. The summed E-state index contributed by atoms with van der Waals surface area (Å²) in [5.74, 6) is -0.678. The van der Waals surface area contributed by atoms with E-state index in [0.717, 1.165) is 9.87 Å². The molecule has 1 N–H and O–H groups in total. The zero-order valence-corrected chi connectivity index (χ0v) is 26.1. The minimum atomic E-state index is -4.23. The molecule has 3 aromatic carbocycles. The summed E-state index contributed by atoms with van der Waals surface area (Å²) in [5.41, 5.74) is 1.63. The van der Waals surface area contributed by atoms with E-state index in [1.54, 1.807) is 61.5 Å². The molecule has 3 rings (SSSR count). The standard InChI is InChI=1S/C30H35Cl2N3O5S/c1-6-26(30(37)33-20(2)3)34(18-22-13-14-23(31)17-25(22)32)29(36)19-35(27-9-7-8-10-28(27)40-5)41(38,39)24-15-11-21(4)12-16-24/h7-17,20,26H,6,18-19H2,1-5H3,(H,33,37)/t26-/m0/s1. The first-order valence-corrected chi connectivity index (χ1v) is 15.3. The molecule has 0 aliphatic heterocycles. The molecule has 220 valence electrons. The molecule has 0 bridgehead atoms. The Morgan fingerprint density at radius 3 is 2.24 bits per heavy atom. The van der Waals surface area contributed by atoms with Crippen molar-refractivity contribution in [1.29, 1.82) is 0 Å². The van der Waals surface area contributed by atoms with Crippen LogP contribution in [0.3, 0.4) is 0 Å². The second kappa shape index (κ2) is 14.1. The van der Waals surface area contributed by atoms with E-state index in [0.29, 0.717) is 15.6 Å². The molecule has 8 nitrogen and oxygen atoms in total. The van der Waals surface area contributed by atoms with Crippen molar-refractivity contribution >= 4 is 50.7 Å². The Balaban J connectivity index is 2.12. The van der Waals surface area contributed by atoms with E-state index in [2.05, 4.69) is 5.32 Å². The Bertz CT molecular complexity index is 1480. The first kappa shape index (κ1) is 32.2. The van der Waals surface area contributed by atoms with Gasteiger partial charge in [-0.1, -0.05) is 66.0 Å². The number of para-hydroxylation sites is 2. The minimum absolute atomic E-state index is 0.0127. The van der Waals surface area contributed by atoms with Crippen LogP contribution in [0, 0.1) is 6.92 Å². The average molecular weight is 621 g/mol. The van der Waals surface area contributed by atoms with Crippen molar-refractivity contribution in [3.05, 3.63) is 87.9 Å². The first-order valence-electron chi connectivity index (χ1n) is 13.1. The summed E-state index contributed by atoms with van der Waals surface area (Å²) < 4.78 is 34.5. The maximum Gasteiger partial charge on any atom is 0.264 e. The van der Waals surface area contributed by atoms with E-state index < -0.39 is 28.5 Å². The lowest BCUT2D eigenvalue weighted by atomic mass is 10.1. The van der Waals surface area contributed by atoms with Gasteiger partial charge in [-0.3, -0.25) is 13.9 Å². The number of rotatable bonds is 12. The van der Waals surface area contributed by atoms with Crippen molar-refractivity contribution in [2.45, 2.75) is 57.6 Å². The van der Waals surface area contributed by atoms with Crippen molar-refractivity contribution in [1.82, 2.24) is 10.2 Å². The maximum atomic E-state index is 14.2. The predicted molar refractivity (Wildman–Crippen MR) is 163 cm³/mol. The third kappa shape index (κ3) is 7.93. The van der Waals surface area contributed by atoms with E-state index in [1.807, 2.05) is 20.8 Å². The molecule has 0 unspecified atom stereocenters. The lowest BCUT2D eigenvalue weighted by Crippen LogP contribution is -2.53. The van der Waals surface area contributed by atoms with Crippen LogP contribution in [0.15, 0.2) is 71.6 Å². The van der Waals surface area contributed by atoms with Crippen LogP contribution in [0.4, 0.5) is 5.69 Å². The molecule has 0 heterocycles. The summed E-state index contributed by atoms with van der Waals surface area (Å²) in [6.45, 7) is 6.66. The number of hydrogen-bond acceptors (Lipinski definition) is 5. The Morgan fingerprint density at radius 2 is 1.66 bits per heavy atom. The van der Waals surface area contributed by atoms with Crippen LogP contribution in [-0.4, -0.2) is 50.9 Å². The summed E-state index contributed by atoms with van der Waals surface area (Å²) in [5, 5.41) is 3.61. The van der Waals surface area contributed by atoms with Gasteiger partial charge in [-0.25, -0.2) is 8.42 Å². The van der Waals surface area contributed by atoms with Crippen LogP contribution in [0.1, 0.15) is 38.3 Å². The van der Waals surface area contributed by atoms with Crippen LogP contribution >= 0.6 is 23.2 Å². The molecule has 0 aliphatic carbocycles. The van der Waals surface area contributed by atoms with Crippen molar-refractivity contribution < 1.29 is 22.7 Å². The molecule has 0 saturated carbocycles. The normalized spacial score (nSPS) is 12.1. The predicted octanol–water partition coefficient (Wildman–Crippen LogP) is 5.84. The maximum absolute atomic E-state index is 14.2. The molecule has 2 amide bonds. The number of benzene rings is 3. The largest absolute Gasteiger partial charge is 0.495 e. The molecular weight excluding hydrogens is 585 g/mol. The van der Waals surface area contributed by atoms with E-state index in [4.69, 9.17) is 27.9 Å². The fraction of sp³-hybridized carbons (Fsp3) is 0.333. The summed E-state index contributed by atoms with van der Waals surface area (Å²) in [6.07, 6.45) is 0.287. The molecule has 41 heavy (non-hydrogen) atoms. The zero-order valence-electron chi connectivity index (χ0n) is 23.7. The summed E-state index contributed by atoms with van der Waals surface area (Å²) in [6, 6.07) is 16.7. The van der Waals surface area contributed by atoms with Gasteiger partial charge < -0.3 is 15.0 Å². The van der Waals surface area contributed by atoms with E-state index >= 15 is 0 Å². The monoisotopic (exact) mass is 619 g/mol. The average Bonchev–Trinajstić information content (AvgIpc) is 2.92. The van der Waals surface area contributed by atoms with Crippen molar-refractivity contribution in [2.24, 2.45) is 0 Å². The Kier molecular flexibility index (Phi) is 11.1. The lowest BCUT2D eigenvalue weighted by molar-refractivity contribution is -0.140. The van der Waals surface area contributed by atoms with Crippen molar-refractivity contribution in [3.8, 4) is 5.75 Å². The van der Waals surface area contributed by atoms with Gasteiger partial charge in [0.1, 0.15) is 18.3 Å². The van der Waals surface area contributed by atoms with Gasteiger partial charge in [0.15, 0.2) is 0 Å². The number of anilines is 1. The topological polar surface area (TPSA) is 96.0 Å². The first-order chi connectivity index (χ1) is 19.4. The third-order valence-electron chi connectivity index (χ3n) is 6.41. The SMILES string of the molecule is CC[C@@H](C(=O)NC(C)C)N(Cc1ccc(Cl)cc1Cl)C(=O)CN(c1ccccc1OC)S(=O)(=O)c1ccc(C)cc1. The highest BCUT2D eigenvalue weighted by Crippen LogP contribution is 2.33. The number of nitrogens with one attached hydrogen (secondary N) is 1. The highest BCUT2D eigenvalue weighted by atomic mass is 35.5. The second-order valence-corrected chi connectivity index (χ2v) is 12.5. The molecule has 0 aliphatic rings. The molecular formula is C30H35Cl2N3O5S. The van der Waals surface area contributed by atoms with Gasteiger partial charge in [0.25, 0.3) is 10.0 Å². The molecule has 1 atom stereocenters. The van der Waals surface area contributed by atoms with Gasteiger partial charge in [0.05, 0.1) is 17.7 Å². The van der Waals surface area contributed by atoms with Gasteiger partial charge in [-0.15, -0.1) is 0 Å². The van der Waals surface area contributed by atoms with Crippen molar-refractivity contribution in [3.63, 3.8) is 0 Å². The lowest BCUT2D eigenvalue weighted by Gasteiger charge is -2.34. The summed E-state index contributed by atoms with van der Waals surface area (Å²) >= 11 is 12.5. The van der Waals surface area contributed by atoms with E-state index in [9.17, 15) is 18.0 Å². The van der Waals surface area contributed by atoms with Gasteiger partial charge in [-0.2, -0.15) is 0 Å². The Morgan fingerprint density at radius 1 is 1.00 bits per heavy atom. The van der Waals surface area contributed by atoms with Crippen LogP contribution in [0.5, 0.6) is 5.75 Å². The Labute approximate surface area is 252 Å². The van der Waals surface area contributed by atoms with Crippen molar-refractivity contribution in [2.75, 3.05) is 18.0 Å². The molecule has 0 fully saturated rings. The van der Waals surface area contributed by atoms with Crippen LogP contribution in [0.25, 0.3) is 0 Å². The number of carbonyl (C=O) groups is 2. The number of carbonyl (C=O) groups excluding carboxylic acids is 2. The second-order valence-electron chi connectivity index (χ2n) is 9.84. The molecule has 0 aromatic heterocycles. The van der Waals surface area contributed by atoms with Gasteiger partial charge in [0, 0.05) is 22.6 Å². The summed E-state index contributed by atoms with van der Waals surface area (Å²) in [4.78, 5) is 28.8. The molecule has 3 aromatic rings. The molecule has 11 heteroatoms. The number of methoxy groups -OCH3 is 1. The number of amides is 2. The van der Waals surface area contributed by atoms with Gasteiger partial charge in [-0.05, 0) is 69.2 Å². The quantitative estimate of drug-likeness (QED) is 0.275. The fourth-order valence-corrected chi connectivity index (χ4v) is 6.21. The highest BCUT2D eigenvalue weighted by Gasteiger charge is 2.35. The highest BCUT2D eigenvalue weighted by molar-refractivity contribution is 7.92. The number of hydrogen-bond donors (Lipinski definition) is 1. The van der Waals surface area contributed by atoms with Crippen LogP contribution in [0.2, 0.25) is 10.0 Å². The van der Waals surface area contributed by atoms with Crippen LogP contribution in [-0.2, 0) is 26.2 Å². The molecule has 0 spiro atoms. The number of sulfonamides is 1. The number of ether oxygens (including phenoxy) is 1. The van der Waals surface area contributed by atoms with Gasteiger partial charge >= 0.3 is 0 Å². The van der Waals surface area contributed by atoms with E-state index in [-0.39, 0.29) is 41.2 Å². The van der Waals surface area contributed by atoms with Gasteiger partial charge in [0.2, 0.25) is 11.8 Å². The minimum Gasteiger partial charge on any atom is -0.495 e. The summed E-state index contributed by atoms with van der Waals surface area (Å²) in [7, 11) is -2.80. The smallest absolute Gasteiger partial charge is 0.264 e. The van der Waals surface area contributed by atoms with E-state index in [1.165, 1.54) is 24.1 Å². The number of aryl methyl sites for hydroxylation is 1. The number of nitrogens with zero attached hydrogens (tertiary/aromatic N) is 2.